The van der Waals surface area contributed by atoms with E-state index in [4.69, 9.17) is 10.00 Å². The van der Waals surface area contributed by atoms with E-state index in [9.17, 15) is 13.5 Å². The molecule has 0 aromatic rings. The van der Waals surface area contributed by atoms with E-state index in [0.29, 0.717) is 13.0 Å². The zero-order valence-corrected chi connectivity index (χ0v) is 8.38. The molecule has 0 spiro atoms. The van der Waals surface area contributed by atoms with Crippen LogP contribution in [0.5, 0.6) is 0 Å². The molecule has 0 aromatic carbocycles. The second kappa shape index (κ2) is 4.23. The lowest BCUT2D eigenvalue weighted by Crippen LogP contribution is -2.43. The molecule has 7 heteroatoms. The SMILES string of the molecule is N#CCS(=O)(=O)NCC1(O)CCOC1. The Morgan fingerprint density at radius 3 is 2.86 bits per heavy atom. The quantitative estimate of drug-likeness (QED) is 0.605. The van der Waals surface area contributed by atoms with Gasteiger partial charge in [0.05, 0.1) is 12.7 Å². The summed E-state index contributed by atoms with van der Waals surface area (Å²) < 4.78 is 29.2. The van der Waals surface area contributed by atoms with Gasteiger partial charge in [0.2, 0.25) is 10.0 Å². The van der Waals surface area contributed by atoms with Gasteiger partial charge in [0, 0.05) is 19.6 Å². The maximum absolute atomic E-state index is 11.0. The van der Waals surface area contributed by atoms with Crippen LogP contribution in [0.4, 0.5) is 0 Å². The molecule has 1 unspecified atom stereocenters. The standard InChI is InChI=1S/C7H12N2O4S/c8-2-4-14(11,12)9-5-7(10)1-3-13-6-7/h9-10H,1,3-6H2. The summed E-state index contributed by atoms with van der Waals surface area (Å²) in [4.78, 5) is 0. The van der Waals surface area contributed by atoms with E-state index in [1.54, 1.807) is 0 Å². The van der Waals surface area contributed by atoms with Crippen molar-refractivity contribution in [2.24, 2.45) is 0 Å². The molecule has 14 heavy (non-hydrogen) atoms. The number of ether oxygens (including phenoxy) is 1. The van der Waals surface area contributed by atoms with Crippen LogP contribution in [0.3, 0.4) is 0 Å². The molecule has 0 aliphatic carbocycles. The van der Waals surface area contributed by atoms with Gasteiger partial charge in [0.15, 0.2) is 5.75 Å². The maximum Gasteiger partial charge on any atom is 0.225 e. The van der Waals surface area contributed by atoms with Gasteiger partial charge in [-0.3, -0.25) is 0 Å². The van der Waals surface area contributed by atoms with Gasteiger partial charge in [-0.05, 0) is 0 Å². The number of aliphatic hydroxyl groups is 1. The van der Waals surface area contributed by atoms with Gasteiger partial charge in [-0.2, -0.15) is 5.26 Å². The highest BCUT2D eigenvalue weighted by atomic mass is 32.2. The van der Waals surface area contributed by atoms with Crippen molar-refractivity contribution in [1.29, 1.82) is 5.26 Å². The van der Waals surface area contributed by atoms with Crippen LogP contribution in [-0.2, 0) is 14.8 Å². The smallest absolute Gasteiger partial charge is 0.225 e. The molecule has 1 atom stereocenters. The molecule has 1 saturated heterocycles. The average Bonchev–Trinajstić information content (AvgIpc) is 2.50. The molecule has 0 radical (unpaired) electrons. The molecule has 0 bridgehead atoms. The second-order valence-corrected chi connectivity index (χ2v) is 5.07. The summed E-state index contributed by atoms with van der Waals surface area (Å²) in [5.41, 5.74) is -1.12. The molecule has 1 heterocycles. The van der Waals surface area contributed by atoms with Gasteiger partial charge in [0.25, 0.3) is 0 Å². The van der Waals surface area contributed by atoms with E-state index >= 15 is 0 Å². The highest BCUT2D eigenvalue weighted by Crippen LogP contribution is 2.17. The Hall–Kier alpha value is -0.680. The first kappa shape index (κ1) is 11.4. The van der Waals surface area contributed by atoms with Crippen molar-refractivity contribution in [3.05, 3.63) is 0 Å². The Morgan fingerprint density at radius 2 is 2.36 bits per heavy atom. The van der Waals surface area contributed by atoms with Gasteiger partial charge in [-0.25, -0.2) is 13.1 Å². The zero-order chi connectivity index (χ0) is 10.7. The van der Waals surface area contributed by atoms with Crippen LogP contribution in [0, 0.1) is 11.3 Å². The Labute approximate surface area is 82.5 Å². The van der Waals surface area contributed by atoms with Gasteiger partial charge in [-0.15, -0.1) is 0 Å². The minimum absolute atomic E-state index is 0.100. The summed E-state index contributed by atoms with van der Waals surface area (Å²) in [5, 5.41) is 17.9. The number of nitriles is 1. The summed E-state index contributed by atoms with van der Waals surface area (Å²) in [7, 11) is -3.58. The highest BCUT2D eigenvalue weighted by Gasteiger charge is 2.33. The second-order valence-electron chi connectivity index (χ2n) is 3.27. The van der Waals surface area contributed by atoms with Crippen molar-refractivity contribution in [2.75, 3.05) is 25.5 Å². The van der Waals surface area contributed by atoms with E-state index in [1.807, 2.05) is 0 Å². The predicted octanol–water partition coefficient (Wildman–Crippen LogP) is -1.42. The monoisotopic (exact) mass is 220 g/mol. The first-order valence-corrected chi connectivity index (χ1v) is 5.77. The molecule has 0 amide bonds. The summed E-state index contributed by atoms with van der Waals surface area (Å²) >= 11 is 0. The fourth-order valence-corrected chi connectivity index (χ4v) is 1.88. The molecule has 0 saturated carbocycles. The van der Waals surface area contributed by atoms with Crippen molar-refractivity contribution in [3.8, 4) is 6.07 Å². The van der Waals surface area contributed by atoms with E-state index in [2.05, 4.69) is 4.72 Å². The fourth-order valence-electron chi connectivity index (χ4n) is 1.12. The number of rotatable bonds is 4. The van der Waals surface area contributed by atoms with Crippen LogP contribution in [0.25, 0.3) is 0 Å². The maximum atomic E-state index is 11.0. The van der Waals surface area contributed by atoms with Crippen molar-refractivity contribution in [2.45, 2.75) is 12.0 Å². The summed E-state index contributed by atoms with van der Waals surface area (Å²) in [6, 6.07) is 1.53. The first-order chi connectivity index (χ1) is 6.47. The average molecular weight is 220 g/mol. The molecule has 1 aliphatic rings. The summed E-state index contributed by atoms with van der Waals surface area (Å²) in [5.74, 6) is -0.593. The number of nitrogens with zero attached hydrogens (tertiary/aromatic N) is 1. The van der Waals surface area contributed by atoms with E-state index in [1.165, 1.54) is 6.07 Å². The van der Waals surface area contributed by atoms with Crippen molar-refractivity contribution >= 4 is 10.0 Å². The minimum atomic E-state index is -3.58. The molecular formula is C7H12N2O4S. The van der Waals surface area contributed by atoms with Crippen LogP contribution in [0.2, 0.25) is 0 Å². The summed E-state index contributed by atoms with van der Waals surface area (Å²) in [6.45, 7) is 0.454. The lowest BCUT2D eigenvalue weighted by atomic mass is 10.1. The van der Waals surface area contributed by atoms with Crippen LogP contribution in [-0.4, -0.2) is 44.6 Å². The molecular weight excluding hydrogens is 208 g/mol. The van der Waals surface area contributed by atoms with Gasteiger partial charge < -0.3 is 9.84 Å². The molecule has 80 valence electrons. The van der Waals surface area contributed by atoms with Crippen LogP contribution < -0.4 is 4.72 Å². The number of hydrogen-bond acceptors (Lipinski definition) is 5. The fraction of sp³-hybridized carbons (Fsp3) is 0.857. The van der Waals surface area contributed by atoms with Crippen LogP contribution in [0.15, 0.2) is 0 Å². The topological polar surface area (TPSA) is 99.4 Å². The molecule has 2 N–H and O–H groups in total. The lowest BCUT2D eigenvalue weighted by Gasteiger charge is -2.19. The molecule has 1 fully saturated rings. The van der Waals surface area contributed by atoms with Gasteiger partial charge >= 0.3 is 0 Å². The van der Waals surface area contributed by atoms with Crippen LogP contribution >= 0.6 is 0 Å². The highest BCUT2D eigenvalue weighted by molar-refractivity contribution is 7.89. The Kier molecular flexibility index (Phi) is 3.44. The normalized spacial score (nSPS) is 27.4. The van der Waals surface area contributed by atoms with Gasteiger partial charge in [-0.1, -0.05) is 0 Å². The Bertz CT molecular complexity index is 326. The Morgan fingerprint density at radius 1 is 1.64 bits per heavy atom. The predicted molar refractivity (Wildman–Crippen MR) is 47.8 cm³/mol. The molecule has 1 aliphatic heterocycles. The van der Waals surface area contributed by atoms with Crippen molar-refractivity contribution in [1.82, 2.24) is 4.72 Å². The van der Waals surface area contributed by atoms with E-state index in [-0.39, 0.29) is 13.2 Å². The van der Waals surface area contributed by atoms with E-state index in [0.717, 1.165) is 0 Å². The molecule has 0 aromatic heterocycles. The number of hydrogen-bond donors (Lipinski definition) is 2. The van der Waals surface area contributed by atoms with Crippen molar-refractivity contribution < 1.29 is 18.3 Å². The van der Waals surface area contributed by atoms with Gasteiger partial charge in [0.1, 0.15) is 5.60 Å². The molecule has 6 nitrogen and oxygen atoms in total. The third kappa shape index (κ3) is 3.23. The van der Waals surface area contributed by atoms with Crippen LogP contribution in [0.1, 0.15) is 6.42 Å². The van der Waals surface area contributed by atoms with Crippen molar-refractivity contribution in [3.63, 3.8) is 0 Å². The number of sulfonamides is 1. The van der Waals surface area contributed by atoms with E-state index < -0.39 is 21.4 Å². The first-order valence-electron chi connectivity index (χ1n) is 4.12. The zero-order valence-electron chi connectivity index (χ0n) is 7.56. The Balaban J connectivity index is 2.44. The third-order valence-electron chi connectivity index (χ3n) is 1.96. The largest absolute Gasteiger partial charge is 0.386 e. The molecule has 1 rings (SSSR count). The summed E-state index contributed by atoms with van der Waals surface area (Å²) in [6.07, 6.45) is 0.405. The number of nitrogens with one attached hydrogen (secondary N) is 1. The minimum Gasteiger partial charge on any atom is -0.386 e. The third-order valence-corrected chi connectivity index (χ3v) is 3.05. The lowest BCUT2D eigenvalue weighted by molar-refractivity contribution is 0.0315.